The van der Waals surface area contributed by atoms with Crippen LogP contribution in [0, 0.1) is 0 Å². The summed E-state index contributed by atoms with van der Waals surface area (Å²) in [7, 11) is -1.78. The van der Waals surface area contributed by atoms with E-state index in [9.17, 15) is 13.2 Å². The highest BCUT2D eigenvalue weighted by molar-refractivity contribution is 7.88. The van der Waals surface area contributed by atoms with Crippen molar-refractivity contribution in [2.45, 2.75) is 13.0 Å². The van der Waals surface area contributed by atoms with Crippen LogP contribution in [-0.2, 0) is 21.3 Å². The van der Waals surface area contributed by atoms with E-state index in [2.05, 4.69) is 19.8 Å². The molecule has 0 radical (unpaired) electrons. The summed E-state index contributed by atoms with van der Waals surface area (Å²) in [6.07, 6.45) is 1.82. The molecule has 0 aliphatic heterocycles. The van der Waals surface area contributed by atoms with E-state index in [4.69, 9.17) is 0 Å². The van der Waals surface area contributed by atoms with Crippen molar-refractivity contribution in [2.75, 3.05) is 26.5 Å². The molecule has 1 rings (SSSR count). The minimum atomic E-state index is -3.11. The molecule has 1 aromatic rings. The molecule has 7 nitrogen and oxygen atoms in total. The predicted molar refractivity (Wildman–Crippen MR) is 71.3 cm³/mol. The van der Waals surface area contributed by atoms with Crippen molar-refractivity contribution >= 4 is 16.0 Å². The summed E-state index contributed by atoms with van der Waals surface area (Å²) in [6.45, 7) is 1.66. The molecule has 0 aromatic carbocycles. The van der Waals surface area contributed by atoms with E-state index in [1.807, 2.05) is 0 Å². The Hall–Kier alpha value is -1.38. The second kappa shape index (κ2) is 7.27. The summed E-state index contributed by atoms with van der Waals surface area (Å²) in [5, 5.41) is 3.14. The lowest BCUT2D eigenvalue weighted by molar-refractivity contribution is 0.0594. The zero-order valence-corrected chi connectivity index (χ0v) is 11.8. The Kier molecular flexibility index (Phi) is 6.00. The van der Waals surface area contributed by atoms with Gasteiger partial charge in [0.25, 0.3) is 0 Å². The number of methoxy groups -OCH3 is 1. The Morgan fingerprint density at radius 1 is 1.37 bits per heavy atom. The summed E-state index contributed by atoms with van der Waals surface area (Å²) < 4.78 is 28.6. The van der Waals surface area contributed by atoms with Crippen LogP contribution in [0.25, 0.3) is 0 Å². The van der Waals surface area contributed by atoms with Gasteiger partial charge in [0, 0.05) is 18.8 Å². The molecule has 1 heterocycles. The van der Waals surface area contributed by atoms with Gasteiger partial charge < -0.3 is 15.0 Å². The van der Waals surface area contributed by atoms with E-state index in [0.29, 0.717) is 31.7 Å². The lowest BCUT2D eigenvalue weighted by Crippen LogP contribution is -2.26. The summed E-state index contributed by atoms with van der Waals surface area (Å²) in [4.78, 5) is 14.1. The van der Waals surface area contributed by atoms with Gasteiger partial charge in [-0.15, -0.1) is 0 Å². The standard InChI is InChI=1S/C11H19N3O4S/c1-18-11(15)10-5-4-9(14-10)8-12-6-3-7-13-19(2,16)17/h4-5,12-14H,3,6-8H2,1-2H3. The van der Waals surface area contributed by atoms with Crippen LogP contribution in [0.4, 0.5) is 0 Å². The monoisotopic (exact) mass is 289 g/mol. The summed E-state index contributed by atoms with van der Waals surface area (Å²) in [6, 6.07) is 3.46. The van der Waals surface area contributed by atoms with Crippen LogP contribution in [0.3, 0.4) is 0 Å². The van der Waals surface area contributed by atoms with E-state index >= 15 is 0 Å². The number of esters is 1. The first-order chi connectivity index (χ1) is 8.92. The number of aromatic amines is 1. The van der Waals surface area contributed by atoms with Crippen LogP contribution in [0.1, 0.15) is 22.6 Å². The van der Waals surface area contributed by atoms with Crippen molar-refractivity contribution in [3.63, 3.8) is 0 Å². The number of carbonyl (C=O) groups excluding carboxylic acids is 1. The van der Waals surface area contributed by atoms with Gasteiger partial charge in [-0.2, -0.15) is 0 Å². The van der Waals surface area contributed by atoms with E-state index in [1.54, 1.807) is 12.1 Å². The fourth-order valence-electron chi connectivity index (χ4n) is 1.47. The Morgan fingerprint density at radius 3 is 2.74 bits per heavy atom. The van der Waals surface area contributed by atoms with Gasteiger partial charge in [-0.25, -0.2) is 17.9 Å². The molecule has 1 aromatic heterocycles. The average Bonchev–Trinajstić information content (AvgIpc) is 2.80. The molecule has 0 amide bonds. The maximum absolute atomic E-state index is 11.2. The average molecular weight is 289 g/mol. The highest BCUT2D eigenvalue weighted by Gasteiger charge is 2.07. The molecule has 0 saturated heterocycles. The third-order valence-corrected chi connectivity index (χ3v) is 3.09. The van der Waals surface area contributed by atoms with Crippen LogP contribution in [0.15, 0.2) is 12.1 Å². The minimum absolute atomic E-state index is 0.399. The van der Waals surface area contributed by atoms with Gasteiger partial charge in [-0.05, 0) is 25.1 Å². The van der Waals surface area contributed by atoms with Crippen molar-refractivity contribution < 1.29 is 17.9 Å². The fourth-order valence-corrected chi connectivity index (χ4v) is 1.98. The first-order valence-corrected chi connectivity index (χ1v) is 7.73. The van der Waals surface area contributed by atoms with Gasteiger partial charge in [-0.3, -0.25) is 0 Å². The number of nitrogens with one attached hydrogen (secondary N) is 3. The largest absolute Gasteiger partial charge is 0.464 e. The smallest absolute Gasteiger partial charge is 0.354 e. The first kappa shape index (κ1) is 15.7. The number of sulfonamides is 1. The van der Waals surface area contributed by atoms with Crippen LogP contribution < -0.4 is 10.0 Å². The summed E-state index contributed by atoms with van der Waals surface area (Å²) in [5.74, 6) is -0.399. The molecule has 0 atom stereocenters. The second-order valence-electron chi connectivity index (χ2n) is 4.09. The molecule has 0 aliphatic rings. The Bertz CT molecular complexity index is 510. The Labute approximate surface area is 112 Å². The van der Waals surface area contributed by atoms with Crippen molar-refractivity contribution in [3.05, 3.63) is 23.5 Å². The van der Waals surface area contributed by atoms with E-state index < -0.39 is 16.0 Å². The molecule has 0 aliphatic carbocycles. The molecule has 19 heavy (non-hydrogen) atoms. The van der Waals surface area contributed by atoms with Crippen LogP contribution in [0.2, 0.25) is 0 Å². The number of aromatic nitrogens is 1. The molecular weight excluding hydrogens is 270 g/mol. The number of carbonyl (C=O) groups is 1. The molecule has 8 heteroatoms. The van der Waals surface area contributed by atoms with Crippen LogP contribution >= 0.6 is 0 Å². The predicted octanol–water partition coefficient (Wildman–Crippen LogP) is -0.170. The van der Waals surface area contributed by atoms with Gasteiger partial charge in [0.2, 0.25) is 10.0 Å². The number of rotatable bonds is 8. The number of hydrogen-bond acceptors (Lipinski definition) is 5. The Morgan fingerprint density at radius 2 is 2.11 bits per heavy atom. The zero-order valence-electron chi connectivity index (χ0n) is 11.0. The maximum atomic E-state index is 11.2. The molecule has 108 valence electrons. The quantitative estimate of drug-likeness (QED) is 0.456. The molecule has 0 bridgehead atoms. The molecule has 3 N–H and O–H groups in total. The molecule has 0 unspecified atom stereocenters. The lowest BCUT2D eigenvalue weighted by Gasteiger charge is -2.04. The molecule has 0 fully saturated rings. The highest BCUT2D eigenvalue weighted by atomic mass is 32.2. The Balaban J connectivity index is 2.19. The van der Waals surface area contributed by atoms with Crippen molar-refractivity contribution in [2.24, 2.45) is 0 Å². The first-order valence-electron chi connectivity index (χ1n) is 5.84. The van der Waals surface area contributed by atoms with Crippen molar-refractivity contribution in [3.8, 4) is 0 Å². The van der Waals surface area contributed by atoms with E-state index in [-0.39, 0.29) is 0 Å². The van der Waals surface area contributed by atoms with Crippen LogP contribution in [0.5, 0.6) is 0 Å². The summed E-state index contributed by atoms with van der Waals surface area (Å²) >= 11 is 0. The third-order valence-electron chi connectivity index (χ3n) is 2.36. The highest BCUT2D eigenvalue weighted by Crippen LogP contribution is 2.02. The normalized spacial score (nSPS) is 11.5. The van der Waals surface area contributed by atoms with E-state index in [1.165, 1.54) is 7.11 Å². The zero-order chi connectivity index (χ0) is 14.3. The van der Waals surface area contributed by atoms with Crippen LogP contribution in [-0.4, -0.2) is 45.8 Å². The SMILES string of the molecule is COC(=O)c1ccc(CNCCCNS(C)(=O)=O)[nH]1. The van der Waals surface area contributed by atoms with Gasteiger partial charge in [0.05, 0.1) is 13.4 Å². The van der Waals surface area contributed by atoms with Crippen molar-refractivity contribution in [1.82, 2.24) is 15.0 Å². The minimum Gasteiger partial charge on any atom is -0.464 e. The topological polar surface area (TPSA) is 100 Å². The van der Waals surface area contributed by atoms with Gasteiger partial charge >= 0.3 is 5.97 Å². The molecular formula is C11H19N3O4S. The molecule has 0 saturated carbocycles. The van der Waals surface area contributed by atoms with Gasteiger partial charge in [0.15, 0.2) is 0 Å². The number of hydrogen-bond donors (Lipinski definition) is 3. The van der Waals surface area contributed by atoms with Gasteiger partial charge in [-0.1, -0.05) is 0 Å². The molecule has 0 spiro atoms. The lowest BCUT2D eigenvalue weighted by atomic mass is 10.4. The van der Waals surface area contributed by atoms with E-state index in [0.717, 1.165) is 11.9 Å². The number of H-pyrrole nitrogens is 1. The fraction of sp³-hybridized carbons (Fsp3) is 0.545. The maximum Gasteiger partial charge on any atom is 0.354 e. The second-order valence-corrected chi connectivity index (χ2v) is 5.92. The van der Waals surface area contributed by atoms with Crippen molar-refractivity contribution in [1.29, 1.82) is 0 Å². The third kappa shape index (κ3) is 6.37. The summed E-state index contributed by atoms with van der Waals surface area (Å²) in [5.41, 5.74) is 1.29. The van der Waals surface area contributed by atoms with Gasteiger partial charge in [0.1, 0.15) is 5.69 Å². The number of ether oxygens (including phenoxy) is 1.